The van der Waals surface area contributed by atoms with Crippen LogP contribution >= 0.6 is 0 Å². The second-order valence-corrected chi connectivity index (χ2v) is 7.24. The highest BCUT2D eigenvalue weighted by molar-refractivity contribution is 5.96. The number of ether oxygens (including phenoxy) is 1. The van der Waals surface area contributed by atoms with E-state index in [2.05, 4.69) is 9.73 Å². The Bertz CT molecular complexity index is 918. The minimum Gasteiger partial charge on any atom is -0.435 e. The molecule has 0 radical (unpaired) electrons. The largest absolute Gasteiger partial charge is 0.435 e. The number of Topliss-reactive ketones (excluding diaryl/α,β-unsaturated/α-hetero) is 1. The van der Waals surface area contributed by atoms with Crippen LogP contribution in [0.1, 0.15) is 40.7 Å². The Morgan fingerprint density at radius 1 is 1.20 bits per heavy atom. The number of hydrogen-bond acceptors (Lipinski definition) is 5. The summed E-state index contributed by atoms with van der Waals surface area (Å²) in [5, 5.41) is 0. The van der Waals surface area contributed by atoms with Crippen molar-refractivity contribution in [2.45, 2.75) is 31.4 Å². The molecule has 2 aromatic rings. The minimum atomic E-state index is -2.91. The molecule has 1 heterocycles. The smallest absolute Gasteiger partial charge is 0.387 e. The Balaban J connectivity index is 1.97. The number of ketones is 1. The predicted octanol–water partition coefficient (Wildman–Crippen LogP) is 4.11. The van der Waals surface area contributed by atoms with Crippen LogP contribution in [0.25, 0.3) is 0 Å². The molecule has 0 spiro atoms. The summed E-state index contributed by atoms with van der Waals surface area (Å²) in [6, 6.07) is 13.4. The maximum Gasteiger partial charge on any atom is 0.387 e. The van der Waals surface area contributed by atoms with Gasteiger partial charge in [-0.15, -0.1) is 0 Å². The first-order chi connectivity index (χ1) is 14.4. The number of carbonyl (C=O) groups excluding carboxylic acids is 1. The first kappa shape index (κ1) is 21.7. The number of nitrogens with two attached hydrogens (primary N) is 1. The summed E-state index contributed by atoms with van der Waals surface area (Å²) < 4.78 is 41.7. The molecule has 0 aliphatic carbocycles. The highest BCUT2D eigenvalue weighted by Gasteiger charge is 2.41. The third-order valence-corrected chi connectivity index (χ3v) is 5.17. The molecule has 0 amide bonds. The molecule has 160 valence electrons. The molecular formula is C22H24F3N3O2. The summed E-state index contributed by atoms with van der Waals surface area (Å²) in [5.74, 6) is 0.316. The molecule has 1 atom stereocenters. The quantitative estimate of drug-likeness (QED) is 0.491. The second-order valence-electron chi connectivity index (χ2n) is 7.24. The van der Waals surface area contributed by atoms with E-state index in [9.17, 15) is 18.0 Å². The molecule has 2 N–H and O–H groups in total. The van der Waals surface area contributed by atoms with Crippen molar-refractivity contribution in [3.05, 3.63) is 65.2 Å². The molecule has 30 heavy (non-hydrogen) atoms. The molecule has 0 bridgehead atoms. The highest BCUT2D eigenvalue weighted by Crippen LogP contribution is 2.39. The van der Waals surface area contributed by atoms with Gasteiger partial charge in [0, 0.05) is 19.0 Å². The summed E-state index contributed by atoms with van der Waals surface area (Å²) in [7, 11) is 1.81. The van der Waals surface area contributed by atoms with Crippen molar-refractivity contribution < 1.29 is 22.7 Å². The van der Waals surface area contributed by atoms with Crippen LogP contribution in [0.4, 0.5) is 13.2 Å². The maximum absolute atomic E-state index is 12.5. The van der Waals surface area contributed by atoms with Crippen molar-refractivity contribution in [2.24, 2.45) is 10.7 Å². The van der Waals surface area contributed by atoms with Crippen molar-refractivity contribution in [3.8, 4) is 5.75 Å². The first-order valence-corrected chi connectivity index (χ1v) is 9.67. The van der Waals surface area contributed by atoms with Crippen LogP contribution < -0.4 is 10.5 Å². The van der Waals surface area contributed by atoms with Crippen molar-refractivity contribution in [1.82, 2.24) is 4.90 Å². The number of aliphatic imine (C=N–C) groups is 1. The lowest BCUT2D eigenvalue weighted by Gasteiger charge is -2.28. The molecule has 8 heteroatoms. The zero-order valence-electron chi connectivity index (χ0n) is 16.7. The fourth-order valence-electron chi connectivity index (χ4n) is 3.61. The third kappa shape index (κ3) is 4.58. The zero-order chi connectivity index (χ0) is 21.7. The van der Waals surface area contributed by atoms with E-state index in [1.165, 1.54) is 12.1 Å². The van der Waals surface area contributed by atoms with Gasteiger partial charge in [-0.2, -0.15) is 8.78 Å². The Kier molecular flexibility index (Phi) is 6.64. The number of rotatable bonds is 9. The third-order valence-electron chi connectivity index (χ3n) is 5.17. The number of alkyl halides is 3. The highest BCUT2D eigenvalue weighted by atomic mass is 19.3. The van der Waals surface area contributed by atoms with E-state index < -0.39 is 18.8 Å². The fraction of sp³-hybridized carbons (Fsp3) is 0.364. The minimum absolute atomic E-state index is 0.0454. The van der Waals surface area contributed by atoms with Gasteiger partial charge < -0.3 is 15.4 Å². The molecule has 5 nitrogen and oxygen atoms in total. The summed E-state index contributed by atoms with van der Waals surface area (Å²) >= 11 is 0. The van der Waals surface area contributed by atoms with Gasteiger partial charge in [0.2, 0.25) is 0 Å². The van der Waals surface area contributed by atoms with Gasteiger partial charge in [-0.3, -0.25) is 9.18 Å². The average molecular weight is 419 g/mol. The Morgan fingerprint density at radius 3 is 2.53 bits per heavy atom. The van der Waals surface area contributed by atoms with Crippen LogP contribution in [0.2, 0.25) is 0 Å². The lowest BCUT2D eigenvalue weighted by atomic mass is 9.82. The van der Waals surface area contributed by atoms with Gasteiger partial charge in [-0.05, 0) is 42.2 Å². The van der Waals surface area contributed by atoms with Crippen LogP contribution in [-0.2, 0) is 5.54 Å². The van der Waals surface area contributed by atoms with Gasteiger partial charge in [0.15, 0.2) is 11.7 Å². The van der Waals surface area contributed by atoms with E-state index >= 15 is 0 Å². The van der Waals surface area contributed by atoms with Crippen LogP contribution in [0.15, 0.2) is 53.5 Å². The Morgan fingerprint density at radius 2 is 1.93 bits per heavy atom. The van der Waals surface area contributed by atoms with Crippen molar-refractivity contribution in [1.29, 1.82) is 0 Å². The molecule has 0 aromatic heterocycles. The van der Waals surface area contributed by atoms with Gasteiger partial charge in [0.05, 0.1) is 13.2 Å². The Hall–Kier alpha value is -3.03. The molecule has 0 fully saturated rings. The molecule has 0 saturated carbocycles. The summed E-state index contributed by atoms with van der Waals surface area (Å²) in [6.45, 7) is -2.92. The molecular weight excluding hydrogens is 395 g/mol. The van der Waals surface area contributed by atoms with E-state index in [4.69, 9.17) is 5.73 Å². The van der Waals surface area contributed by atoms with Crippen LogP contribution in [-0.4, -0.2) is 43.5 Å². The number of guanidine groups is 1. The topological polar surface area (TPSA) is 67.9 Å². The standard InChI is InChI=1S/C22H24F3N3O2/c1-28-14-22(27-21(28)26,16-8-10-18(11-9-16)30-20(24)25)17-6-4-5-15(13-17)19(29)7-2-3-12-23/h4-6,8-11,13,20H,2-3,7,12,14H2,1H3,(H2,26,27). The van der Waals surface area contributed by atoms with Gasteiger partial charge in [0.1, 0.15) is 11.3 Å². The van der Waals surface area contributed by atoms with Crippen LogP contribution in [0, 0.1) is 0 Å². The first-order valence-electron chi connectivity index (χ1n) is 9.67. The van der Waals surface area contributed by atoms with Crippen molar-refractivity contribution in [3.63, 3.8) is 0 Å². The zero-order valence-corrected chi connectivity index (χ0v) is 16.7. The van der Waals surface area contributed by atoms with Crippen LogP contribution in [0.5, 0.6) is 5.75 Å². The second kappa shape index (κ2) is 9.19. The lowest BCUT2D eigenvalue weighted by molar-refractivity contribution is -0.0498. The van der Waals surface area contributed by atoms with Gasteiger partial charge in [-0.1, -0.05) is 30.3 Å². The summed E-state index contributed by atoms with van der Waals surface area (Å²) in [5.41, 5.74) is 7.17. The number of unbranched alkanes of at least 4 members (excludes halogenated alkanes) is 1. The average Bonchev–Trinajstić information content (AvgIpc) is 3.04. The Labute approximate surface area is 173 Å². The van der Waals surface area contributed by atoms with Crippen molar-refractivity contribution in [2.75, 3.05) is 20.3 Å². The molecule has 0 saturated heterocycles. The number of nitrogens with zero attached hydrogens (tertiary/aromatic N) is 2. The van der Waals surface area contributed by atoms with Gasteiger partial charge >= 0.3 is 6.61 Å². The van der Waals surface area contributed by atoms with E-state index in [1.807, 2.05) is 6.07 Å². The summed E-state index contributed by atoms with van der Waals surface area (Å²) in [6.07, 6.45) is 1.11. The van der Waals surface area contributed by atoms with E-state index in [0.717, 1.165) is 11.1 Å². The van der Waals surface area contributed by atoms with Gasteiger partial charge in [0.25, 0.3) is 0 Å². The number of halogens is 3. The summed E-state index contributed by atoms with van der Waals surface area (Å²) in [4.78, 5) is 19.0. The van der Waals surface area contributed by atoms with E-state index in [1.54, 1.807) is 42.3 Å². The number of carbonyl (C=O) groups is 1. The number of likely N-dealkylation sites (N-methyl/N-ethyl adjacent to an activating group) is 1. The fourth-order valence-corrected chi connectivity index (χ4v) is 3.61. The number of hydrogen-bond donors (Lipinski definition) is 1. The maximum atomic E-state index is 12.5. The molecule has 2 aromatic carbocycles. The van der Waals surface area contributed by atoms with E-state index in [0.29, 0.717) is 30.9 Å². The molecule has 3 rings (SSSR count). The van der Waals surface area contributed by atoms with E-state index in [-0.39, 0.29) is 18.0 Å². The SMILES string of the molecule is CN1CC(c2ccc(OC(F)F)cc2)(c2cccc(C(=O)CCCCF)c2)N=C1N. The van der Waals surface area contributed by atoms with Crippen molar-refractivity contribution >= 4 is 11.7 Å². The normalized spacial score (nSPS) is 18.6. The lowest BCUT2D eigenvalue weighted by Crippen LogP contribution is -2.35. The number of benzene rings is 2. The van der Waals surface area contributed by atoms with Gasteiger partial charge in [-0.25, -0.2) is 4.99 Å². The van der Waals surface area contributed by atoms with Crippen LogP contribution in [0.3, 0.4) is 0 Å². The molecule has 1 unspecified atom stereocenters. The predicted molar refractivity (Wildman–Crippen MR) is 109 cm³/mol. The molecule has 1 aliphatic rings. The molecule has 1 aliphatic heterocycles. The monoisotopic (exact) mass is 419 g/mol.